The van der Waals surface area contributed by atoms with Crippen LogP contribution in [0.5, 0.6) is 0 Å². The van der Waals surface area contributed by atoms with Crippen molar-refractivity contribution in [3.05, 3.63) is 0 Å². The number of nitrogens with two attached hydrogens (primary N) is 1. The molecule has 0 aromatic carbocycles. The fourth-order valence-electron chi connectivity index (χ4n) is 1.73. The smallest absolute Gasteiger partial charge is 0.00131 e. The first-order chi connectivity index (χ1) is 5.49. The largest absolute Gasteiger partial charge is 0.328 e. The zero-order valence-corrected chi connectivity index (χ0v) is 9.30. The molecule has 0 bridgehead atoms. The van der Waals surface area contributed by atoms with E-state index in [2.05, 4.69) is 34.6 Å². The van der Waals surface area contributed by atoms with Crippen LogP contribution in [0.15, 0.2) is 0 Å². The van der Waals surface area contributed by atoms with E-state index in [9.17, 15) is 0 Å². The molecule has 0 saturated heterocycles. The van der Waals surface area contributed by atoms with E-state index in [-0.39, 0.29) is 0 Å². The van der Waals surface area contributed by atoms with Crippen LogP contribution in [-0.2, 0) is 0 Å². The highest BCUT2D eigenvalue weighted by atomic mass is 14.6. The minimum atomic E-state index is 0.353. The molecule has 0 aliphatic carbocycles. The lowest BCUT2D eigenvalue weighted by Crippen LogP contribution is -2.24. The standard InChI is InChI=1S/C11H25N/c1-6-8(2)11(5)9(3)7-10(4)12/h8-11H,6-7,12H2,1-5H3. The maximum Gasteiger partial charge on any atom is 0.00131 e. The van der Waals surface area contributed by atoms with Crippen LogP contribution in [0.25, 0.3) is 0 Å². The Morgan fingerprint density at radius 3 is 1.83 bits per heavy atom. The highest BCUT2D eigenvalue weighted by molar-refractivity contribution is 4.70. The lowest BCUT2D eigenvalue weighted by Gasteiger charge is -2.26. The molecule has 0 fully saturated rings. The van der Waals surface area contributed by atoms with E-state index < -0.39 is 0 Å². The van der Waals surface area contributed by atoms with Crippen molar-refractivity contribution in [1.82, 2.24) is 0 Å². The summed E-state index contributed by atoms with van der Waals surface area (Å²) in [4.78, 5) is 0. The molecule has 0 spiro atoms. The van der Waals surface area contributed by atoms with Crippen LogP contribution in [0.2, 0.25) is 0 Å². The minimum Gasteiger partial charge on any atom is -0.328 e. The van der Waals surface area contributed by atoms with Gasteiger partial charge in [0, 0.05) is 6.04 Å². The Labute approximate surface area is 77.7 Å². The average Bonchev–Trinajstić information content (AvgIpc) is 2.00. The monoisotopic (exact) mass is 171 g/mol. The van der Waals surface area contributed by atoms with Gasteiger partial charge in [-0.1, -0.05) is 34.1 Å². The molecule has 2 N–H and O–H groups in total. The fourth-order valence-corrected chi connectivity index (χ4v) is 1.73. The maximum atomic E-state index is 5.77. The van der Waals surface area contributed by atoms with Gasteiger partial charge in [-0.3, -0.25) is 0 Å². The molecule has 1 nitrogen and oxygen atoms in total. The zero-order chi connectivity index (χ0) is 9.72. The topological polar surface area (TPSA) is 26.0 Å². The van der Waals surface area contributed by atoms with Gasteiger partial charge in [0.25, 0.3) is 0 Å². The Hall–Kier alpha value is -0.0400. The maximum absolute atomic E-state index is 5.77. The van der Waals surface area contributed by atoms with E-state index >= 15 is 0 Å². The highest BCUT2D eigenvalue weighted by Crippen LogP contribution is 2.25. The van der Waals surface area contributed by atoms with Crippen LogP contribution in [0, 0.1) is 17.8 Å². The Bertz CT molecular complexity index is 110. The molecule has 0 heterocycles. The van der Waals surface area contributed by atoms with Gasteiger partial charge in [-0.25, -0.2) is 0 Å². The van der Waals surface area contributed by atoms with Gasteiger partial charge in [-0.15, -0.1) is 0 Å². The van der Waals surface area contributed by atoms with Gasteiger partial charge in [0.15, 0.2) is 0 Å². The molecule has 0 amide bonds. The Kier molecular flexibility index (Phi) is 5.56. The summed E-state index contributed by atoms with van der Waals surface area (Å²) in [5.41, 5.74) is 5.77. The molecule has 0 radical (unpaired) electrons. The van der Waals surface area contributed by atoms with Crippen molar-refractivity contribution in [2.75, 3.05) is 0 Å². The molecule has 4 atom stereocenters. The predicted molar refractivity (Wildman–Crippen MR) is 56.0 cm³/mol. The van der Waals surface area contributed by atoms with E-state index in [4.69, 9.17) is 5.73 Å². The molecule has 0 aliphatic heterocycles. The van der Waals surface area contributed by atoms with Gasteiger partial charge in [0.05, 0.1) is 0 Å². The molecule has 74 valence electrons. The third-order valence-corrected chi connectivity index (χ3v) is 3.18. The number of rotatable bonds is 5. The zero-order valence-electron chi connectivity index (χ0n) is 9.30. The highest BCUT2D eigenvalue weighted by Gasteiger charge is 2.18. The summed E-state index contributed by atoms with van der Waals surface area (Å²) in [6.07, 6.45) is 2.44. The van der Waals surface area contributed by atoms with Crippen LogP contribution in [0.1, 0.15) is 47.5 Å². The summed E-state index contributed by atoms with van der Waals surface area (Å²) >= 11 is 0. The molecule has 0 saturated carbocycles. The quantitative estimate of drug-likeness (QED) is 0.676. The van der Waals surface area contributed by atoms with Crippen molar-refractivity contribution in [2.24, 2.45) is 23.5 Å². The second-order valence-electron chi connectivity index (χ2n) is 4.43. The van der Waals surface area contributed by atoms with Crippen molar-refractivity contribution >= 4 is 0 Å². The first kappa shape index (κ1) is 12.0. The van der Waals surface area contributed by atoms with Gasteiger partial charge < -0.3 is 5.73 Å². The lowest BCUT2D eigenvalue weighted by molar-refractivity contribution is 0.251. The fraction of sp³-hybridized carbons (Fsp3) is 1.00. The van der Waals surface area contributed by atoms with Crippen molar-refractivity contribution in [2.45, 2.75) is 53.5 Å². The average molecular weight is 171 g/mol. The summed E-state index contributed by atoms with van der Waals surface area (Å²) in [7, 11) is 0. The van der Waals surface area contributed by atoms with Crippen molar-refractivity contribution < 1.29 is 0 Å². The number of hydrogen-bond donors (Lipinski definition) is 1. The first-order valence-electron chi connectivity index (χ1n) is 5.24. The van der Waals surface area contributed by atoms with E-state index in [1.165, 1.54) is 6.42 Å². The Morgan fingerprint density at radius 2 is 1.50 bits per heavy atom. The van der Waals surface area contributed by atoms with Crippen molar-refractivity contribution in [3.8, 4) is 0 Å². The summed E-state index contributed by atoms with van der Waals surface area (Å²) < 4.78 is 0. The summed E-state index contributed by atoms with van der Waals surface area (Å²) in [5, 5.41) is 0. The Balaban J connectivity index is 3.83. The molecule has 0 rings (SSSR count). The second kappa shape index (κ2) is 5.58. The molecule has 0 aliphatic rings. The summed E-state index contributed by atoms with van der Waals surface area (Å²) in [6, 6.07) is 0.353. The molecule has 1 heteroatoms. The van der Waals surface area contributed by atoms with Gasteiger partial charge in [0.2, 0.25) is 0 Å². The van der Waals surface area contributed by atoms with E-state index in [0.29, 0.717) is 6.04 Å². The Morgan fingerprint density at radius 1 is 1.00 bits per heavy atom. The third-order valence-electron chi connectivity index (χ3n) is 3.18. The molecule has 12 heavy (non-hydrogen) atoms. The SMILES string of the molecule is CCC(C)C(C)C(C)CC(C)N. The van der Waals surface area contributed by atoms with E-state index in [0.717, 1.165) is 24.2 Å². The summed E-state index contributed by atoms with van der Waals surface area (Å²) in [6.45, 7) is 11.4. The van der Waals surface area contributed by atoms with E-state index in [1.54, 1.807) is 0 Å². The van der Waals surface area contributed by atoms with Gasteiger partial charge in [-0.05, 0) is 31.1 Å². The predicted octanol–water partition coefficient (Wildman–Crippen LogP) is 3.04. The molecule has 0 aromatic rings. The van der Waals surface area contributed by atoms with Crippen LogP contribution in [0.4, 0.5) is 0 Å². The van der Waals surface area contributed by atoms with Gasteiger partial charge >= 0.3 is 0 Å². The normalized spacial score (nSPS) is 21.5. The minimum absolute atomic E-state index is 0.353. The van der Waals surface area contributed by atoms with Crippen LogP contribution in [0.3, 0.4) is 0 Å². The van der Waals surface area contributed by atoms with Crippen LogP contribution >= 0.6 is 0 Å². The van der Waals surface area contributed by atoms with Gasteiger partial charge in [-0.2, -0.15) is 0 Å². The van der Waals surface area contributed by atoms with Gasteiger partial charge in [0.1, 0.15) is 0 Å². The lowest BCUT2D eigenvalue weighted by atomic mass is 9.81. The number of hydrogen-bond acceptors (Lipinski definition) is 1. The van der Waals surface area contributed by atoms with Crippen molar-refractivity contribution in [3.63, 3.8) is 0 Å². The first-order valence-corrected chi connectivity index (χ1v) is 5.24. The van der Waals surface area contributed by atoms with Crippen molar-refractivity contribution in [1.29, 1.82) is 0 Å². The van der Waals surface area contributed by atoms with E-state index in [1.807, 2.05) is 0 Å². The summed E-state index contributed by atoms with van der Waals surface area (Å²) in [5.74, 6) is 2.40. The second-order valence-corrected chi connectivity index (χ2v) is 4.43. The molecule has 0 aromatic heterocycles. The molecular weight excluding hydrogens is 146 g/mol. The van der Waals surface area contributed by atoms with Crippen LogP contribution < -0.4 is 5.73 Å². The molecular formula is C11H25N. The van der Waals surface area contributed by atoms with Crippen LogP contribution in [-0.4, -0.2) is 6.04 Å². The third kappa shape index (κ3) is 4.10. The molecule has 4 unspecified atom stereocenters.